The molecule has 0 saturated heterocycles. The number of para-hydroxylation sites is 1. The summed E-state index contributed by atoms with van der Waals surface area (Å²) in [4.78, 5) is 35.9. The average Bonchev–Trinajstić information content (AvgIpc) is 2.67. The summed E-state index contributed by atoms with van der Waals surface area (Å²) in [5, 5.41) is 2.62. The minimum atomic E-state index is -0.791. The Bertz CT molecular complexity index is 769. The van der Waals surface area contributed by atoms with Crippen molar-refractivity contribution in [3.8, 4) is 5.75 Å². The number of hydrogen-bond acceptors (Lipinski definition) is 6. The molecule has 0 aliphatic heterocycles. The molecule has 1 atom stereocenters. The molecule has 0 fully saturated rings. The Morgan fingerprint density at radius 3 is 1.92 bits per heavy atom. The van der Waals surface area contributed by atoms with Gasteiger partial charge in [-0.3, -0.25) is 4.79 Å². The Morgan fingerprint density at radius 2 is 1.42 bits per heavy atom. The normalized spacial score (nSPS) is 11.2. The maximum absolute atomic E-state index is 12.3. The first kappa shape index (κ1) is 19.0. The first-order valence-electron chi connectivity index (χ1n) is 7.79. The van der Waals surface area contributed by atoms with E-state index in [1.807, 2.05) is 6.07 Å². The zero-order valence-electron chi connectivity index (χ0n) is 14.6. The topological polar surface area (TPSA) is 90.9 Å². The quantitative estimate of drug-likeness (QED) is 0.799. The molecule has 0 aromatic heterocycles. The summed E-state index contributed by atoms with van der Waals surface area (Å²) >= 11 is 0. The molecule has 0 aliphatic carbocycles. The number of rotatable bonds is 6. The SMILES string of the molecule is COC(=O)c1cc(NC(=O)[C@H](C)Oc2ccccc2)cc(C(=O)OC)c1. The van der Waals surface area contributed by atoms with Crippen molar-refractivity contribution in [2.45, 2.75) is 13.0 Å². The highest BCUT2D eigenvalue weighted by Gasteiger charge is 2.18. The number of ether oxygens (including phenoxy) is 3. The van der Waals surface area contributed by atoms with Crippen LogP contribution >= 0.6 is 0 Å². The van der Waals surface area contributed by atoms with E-state index in [0.29, 0.717) is 5.75 Å². The summed E-state index contributed by atoms with van der Waals surface area (Å²) in [5.74, 6) is -1.17. The fraction of sp³-hybridized carbons (Fsp3) is 0.211. The van der Waals surface area contributed by atoms with Crippen molar-refractivity contribution in [3.63, 3.8) is 0 Å². The summed E-state index contributed by atoms with van der Waals surface area (Å²) in [6, 6.07) is 13.0. The highest BCUT2D eigenvalue weighted by atomic mass is 16.5. The summed E-state index contributed by atoms with van der Waals surface area (Å²) in [6.45, 7) is 1.59. The molecule has 7 nitrogen and oxygen atoms in total. The number of carbonyl (C=O) groups is 3. The molecule has 1 N–H and O–H groups in total. The molecule has 0 aliphatic rings. The smallest absolute Gasteiger partial charge is 0.337 e. The predicted molar refractivity (Wildman–Crippen MR) is 94.3 cm³/mol. The van der Waals surface area contributed by atoms with Gasteiger partial charge in [-0.1, -0.05) is 18.2 Å². The molecule has 0 heterocycles. The van der Waals surface area contributed by atoms with E-state index >= 15 is 0 Å². The van der Waals surface area contributed by atoms with Crippen molar-refractivity contribution in [1.82, 2.24) is 0 Å². The Hall–Kier alpha value is -3.35. The number of nitrogens with one attached hydrogen (secondary N) is 1. The Labute approximate surface area is 150 Å². The van der Waals surface area contributed by atoms with Gasteiger partial charge in [0.15, 0.2) is 6.10 Å². The zero-order valence-corrected chi connectivity index (χ0v) is 14.6. The van der Waals surface area contributed by atoms with Crippen LogP contribution < -0.4 is 10.1 Å². The number of anilines is 1. The van der Waals surface area contributed by atoms with Gasteiger partial charge in [0.05, 0.1) is 25.3 Å². The lowest BCUT2D eigenvalue weighted by atomic mass is 10.1. The average molecular weight is 357 g/mol. The second-order valence-corrected chi connectivity index (χ2v) is 5.34. The number of methoxy groups -OCH3 is 2. The number of carbonyl (C=O) groups excluding carboxylic acids is 3. The lowest BCUT2D eigenvalue weighted by molar-refractivity contribution is -0.122. The first-order chi connectivity index (χ1) is 12.4. The number of amides is 1. The van der Waals surface area contributed by atoms with Gasteiger partial charge in [0.2, 0.25) is 0 Å². The number of hydrogen-bond donors (Lipinski definition) is 1. The van der Waals surface area contributed by atoms with Crippen LogP contribution in [-0.2, 0) is 14.3 Å². The summed E-state index contributed by atoms with van der Waals surface area (Å²) in [6.07, 6.45) is -0.791. The van der Waals surface area contributed by atoms with Gasteiger partial charge in [-0.05, 0) is 37.3 Å². The van der Waals surface area contributed by atoms with Crippen molar-refractivity contribution in [2.24, 2.45) is 0 Å². The predicted octanol–water partition coefficient (Wildman–Crippen LogP) is 2.67. The monoisotopic (exact) mass is 357 g/mol. The van der Waals surface area contributed by atoms with Gasteiger partial charge in [0.1, 0.15) is 5.75 Å². The molecule has 2 aromatic rings. The van der Waals surface area contributed by atoms with Crippen molar-refractivity contribution in [1.29, 1.82) is 0 Å². The maximum Gasteiger partial charge on any atom is 0.337 e. The van der Waals surface area contributed by atoms with Crippen LogP contribution in [0.4, 0.5) is 5.69 Å². The first-order valence-corrected chi connectivity index (χ1v) is 7.79. The summed E-state index contributed by atoms with van der Waals surface area (Å²) in [7, 11) is 2.45. The van der Waals surface area contributed by atoms with Gasteiger partial charge in [-0.2, -0.15) is 0 Å². The summed E-state index contributed by atoms with van der Waals surface area (Å²) in [5.41, 5.74) is 0.478. The third-order valence-electron chi connectivity index (χ3n) is 3.47. The molecule has 0 unspecified atom stereocenters. The molecule has 26 heavy (non-hydrogen) atoms. The van der Waals surface area contributed by atoms with Crippen LogP contribution in [0.25, 0.3) is 0 Å². The van der Waals surface area contributed by atoms with E-state index in [1.165, 1.54) is 32.4 Å². The van der Waals surface area contributed by atoms with E-state index in [-0.39, 0.29) is 16.8 Å². The third-order valence-corrected chi connectivity index (χ3v) is 3.47. The third kappa shape index (κ3) is 4.83. The Balaban J connectivity index is 2.19. The van der Waals surface area contributed by atoms with E-state index in [0.717, 1.165) is 0 Å². The van der Waals surface area contributed by atoms with E-state index in [2.05, 4.69) is 14.8 Å². The van der Waals surface area contributed by atoms with Crippen LogP contribution in [0.2, 0.25) is 0 Å². The number of esters is 2. The van der Waals surface area contributed by atoms with E-state index in [9.17, 15) is 14.4 Å². The van der Waals surface area contributed by atoms with Crippen LogP contribution in [0.3, 0.4) is 0 Å². The van der Waals surface area contributed by atoms with Crippen LogP contribution in [0.1, 0.15) is 27.6 Å². The molecular formula is C19H19NO6. The standard InChI is InChI=1S/C19H19NO6/c1-12(26-16-7-5-4-6-8-16)17(21)20-15-10-13(18(22)24-2)9-14(11-15)19(23)25-3/h4-12H,1-3H3,(H,20,21)/t12-/m0/s1. The fourth-order valence-electron chi connectivity index (χ4n) is 2.17. The van der Waals surface area contributed by atoms with Gasteiger partial charge in [-0.15, -0.1) is 0 Å². The van der Waals surface area contributed by atoms with Gasteiger partial charge in [0.25, 0.3) is 5.91 Å². The van der Waals surface area contributed by atoms with Gasteiger partial charge < -0.3 is 19.5 Å². The van der Waals surface area contributed by atoms with Crippen LogP contribution in [-0.4, -0.2) is 38.2 Å². The van der Waals surface area contributed by atoms with Crippen LogP contribution in [0.5, 0.6) is 5.75 Å². The van der Waals surface area contributed by atoms with Crippen LogP contribution in [0, 0.1) is 0 Å². The second-order valence-electron chi connectivity index (χ2n) is 5.34. The minimum Gasteiger partial charge on any atom is -0.481 e. The fourth-order valence-corrected chi connectivity index (χ4v) is 2.17. The van der Waals surface area contributed by atoms with Crippen molar-refractivity contribution in [2.75, 3.05) is 19.5 Å². The van der Waals surface area contributed by atoms with E-state index in [4.69, 9.17) is 4.74 Å². The minimum absolute atomic E-state index is 0.113. The summed E-state index contributed by atoms with van der Waals surface area (Å²) < 4.78 is 14.9. The molecule has 0 bridgehead atoms. The largest absolute Gasteiger partial charge is 0.481 e. The lowest BCUT2D eigenvalue weighted by Crippen LogP contribution is -2.30. The van der Waals surface area contributed by atoms with Gasteiger partial charge >= 0.3 is 11.9 Å². The molecular weight excluding hydrogens is 338 g/mol. The molecule has 0 spiro atoms. The van der Waals surface area contributed by atoms with Crippen molar-refractivity contribution in [3.05, 3.63) is 59.7 Å². The molecule has 2 aromatic carbocycles. The number of benzene rings is 2. The Morgan fingerprint density at radius 1 is 0.885 bits per heavy atom. The van der Waals surface area contributed by atoms with E-state index < -0.39 is 23.9 Å². The van der Waals surface area contributed by atoms with Crippen LogP contribution in [0.15, 0.2) is 48.5 Å². The van der Waals surface area contributed by atoms with Crippen molar-refractivity contribution < 1.29 is 28.6 Å². The highest BCUT2D eigenvalue weighted by Crippen LogP contribution is 2.18. The Kier molecular flexibility index (Phi) is 6.32. The maximum atomic E-state index is 12.3. The second kappa shape index (κ2) is 8.66. The van der Waals surface area contributed by atoms with Crippen molar-refractivity contribution >= 4 is 23.5 Å². The zero-order chi connectivity index (χ0) is 19.1. The molecule has 7 heteroatoms. The molecule has 0 saturated carbocycles. The molecule has 2 rings (SSSR count). The van der Waals surface area contributed by atoms with Gasteiger partial charge in [-0.25, -0.2) is 9.59 Å². The van der Waals surface area contributed by atoms with Gasteiger partial charge in [0, 0.05) is 5.69 Å². The molecule has 136 valence electrons. The van der Waals surface area contributed by atoms with E-state index in [1.54, 1.807) is 31.2 Å². The highest BCUT2D eigenvalue weighted by molar-refractivity contribution is 6.00. The molecule has 1 amide bonds. The lowest BCUT2D eigenvalue weighted by Gasteiger charge is -2.15. The molecule has 0 radical (unpaired) electrons.